The quantitative estimate of drug-likeness (QED) is 0.452. The summed E-state index contributed by atoms with van der Waals surface area (Å²) in [7, 11) is 0. The van der Waals surface area contributed by atoms with Crippen LogP contribution in [0.3, 0.4) is 0 Å². The van der Waals surface area contributed by atoms with E-state index in [2.05, 4.69) is 31.2 Å². The van der Waals surface area contributed by atoms with Crippen LogP contribution in [0.25, 0.3) is 0 Å². The van der Waals surface area contributed by atoms with Crippen molar-refractivity contribution in [2.45, 2.75) is 51.5 Å². The van der Waals surface area contributed by atoms with Crippen LogP contribution in [0.5, 0.6) is 0 Å². The third-order valence-electron chi connectivity index (χ3n) is 5.92. The largest absolute Gasteiger partial charge is 0.395 e. The van der Waals surface area contributed by atoms with E-state index in [1.807, 2.05) is 24.3 Å². The van der Waals surface area contributed by atoms with E-state index in [0.29, 0.717) is 12.3 Å². The summed E-state index contributed by atoms with van der Waals surface area (Å²) in [5.74, 6) is 0.314. The zero-order valence-corrected chi connectivity index (χ0v) is 17.2. The van der Waals surface area contributed by atoms with Crippen molar-refractivity contribution in [3.63, 3.8) is 0 Å². The molecule has 1 aromatic carbocycles. The molecule has 0 fully saturated rings. The summed E-state index contributed by atoms with van der Waals surface area (Å²) >= 11 is 0. The van der Waals surface area contributed by atoms with E-state index in [4.69, 9.17) is 10.5 Å². The Morgan fingerprint density at radius 1 is 1.11 bits per heavy atom. The van der Waals surface area contributed by atoms with Gasteiger partial charge in [-0.05, 0) is 42.7 Å². The average Bonchev–Trinajstić information content (AvgIpc) is 2.75. The zero-order chi connectivity index (χ0) is 20.2. The number of hydrogen-bond donors (Lipinski definition) is 3. The number of rotatable bonds is 13. The van der Waals surface area contributed by atoms with Crippen molar-refractivity contribution < 1.29 is 14.9 Å². The van der Waals surface area contributed by atoms with E-state index in [-0.39, 0.29) is 19.3 Å². The SMILES string of the molecule is CC(CCCCCOCCc1ccccc1)C(N)C1(CO)C=CC=C(CO)C1. The van der Waals surface area contributed by atoms with Gasteiger partial charge < -0.3 is 20.7 Å². The second-order valence-electron chi connectivity index (χ2n) is 8.11. The monoisotopic (exact) mass is 387 g/mol. The Kier molecular flexibility index (Phi) is 9.93. The number of aliphatic hydroxyl groups is 2. The van der Waals surface area contributed by atoms with Gasteiger partial charge in [0.05, 0.1) is 19.8 Å². The minimum atomic E-state index is -0.452. The number of unbranched alkanes of at least 4 members (excludes halogenated alkanes) is 2. The van der Waals surface area contributed by atoms with Gasteiger partial charge in [0.1, 0.15) is 0 Å². The van der Waals surface area contributed by atoms with E-state index in [9.17, 15) is 10.2 Å². The maximum absolute atomic E-state index is 9.99. The molecule has 0 saturated carbocycles. The van der Waals surface area contributed by atoms with Gasteiger partial charge in [-0.25, -0.2) is 0 Å². The summed E-state index contributed by atoms with van der Waals surface area (Å²) in [5, 5.41) is 19.4. The molecule has 28 heavy (non-hydrogen) atoms. The molecule has 2 rings (SSSR count). The second kappa shape index (κ2) is 12.2. The molecule has 1 aliphatic rings. The molecule has 1 aromatic rings. The smallest absolute Gasteiger partial charge is 0.0645 e. The summed E-state index contributed by atoms with van der Waals surface area (Å²) in [6.45, 7) is 3.79. The van der Waals surface area contributed by atoms with Crippen molar-refractivity contribution in [1.29, 1.82) is 0 Å². The molecule has 4 heteroatoms. The van der Waals surface area contributed by atoms with Gasteiger partial charge in [-0.15, -0.1) is 0 Å². The molecule has 1 aliphatic carbocycles. The molecule has 0 amide bonds. The number of hydrogen-bond acceptors (Lipinski definition) is 4. The Morgan fingerprint density at radius 3 is 2.61 bits per heavy atom. The van der Waals surface area contributed by atoms with Crippen molar-refractivity contribution in [3.8, 4) is 0 Å². The Balaban J connectivity index is 1.60. The zero-order valence-electron chi connectivity index (χ0n) is 17.2. The minimum absolute atomic E-state index is 0.0155. The molecule has 156 valence electrons. The minimum Gasteiger partial charge on any atom is -0.395 e. The van der Waals surface area contributed by atoms with Crippen molar-refractivity contribution >= 4 is 0 Å². The average molecular weight is 388 g/mol. The molecule has 3 unspecified atom stereocenters. The summed E-state index contributed by atoms with van der Waals surface area (Å²) in [6.07, 6.45) is 11.8. The fraction of sp³-hybridized carbons (Fsp3) is 0.583. The molecule has 0 saturated heterocycles. The number of nitrogens with two attached hydrogens (primary N) is 1. The first-order chi connectivity index (χ1) is 13.6. The van der Waals surface area contributed by atoms with Crippen LogP contribution < -0.4 is 5.73 Å². The van der Waals surface area contributed by atoms with Crippen molar-refractivity contribution in [3.05, 3.63) is 59.7 Å². The van der Waals surface area contributed by atoms with Crippen LogP contribution in [0.4, 0.5) is 0 Å². The number of aliphatic hydroxyl groups excluding tert-OH is 2. The lowest BCUT2D eigenvalue weighted by molar-refractivity contribution is 0.109. The van der Waals surface area contributed by atoms with Gasteiger partial charge in [0.25, 0.3) is 0 Å². The number of allylic oxidation sites excluding steroid dienone is 2. The molecular formula is C24H37NO3. The maximum atomic E-state index is 9.99. The molecule has 0 spiro atoms. The Morgan fingerprint density at radius 2 is 1.89 bits per heavy atom. The van der Waals surface area contributed by atoms with Gasteiger partial charge >= 0.3 is 0 Å². The van der Waals surface area contributed by atoms with Crippen LogP contribution in [0, 0.1) is 11.3 Å². The van der Waals surface area contributed by atoms with Gasteiger partial charge in [0.15, 0.2) is 0 Å². The van der Waals surface area contributed by atoms with E-state index in [0.717, 1.165) is 50.9 Å². The van der Waals surface area contributed by atoms with Crippen LogP contribution in [0.15, 0.2) is 54.1 Å². The number of ether oxygens (including phenoxy) is 1. The van der Waals surface area contributed by atoms with Crippen molar-refractivity contribution in [2.24, 2.45) is 17.1 Å². The summed E-state index contributed by atoms with van der Waals surface area (Å²) in [5.41, 5.74) is 8.35. The first-order valence-electron chi connectivity index (χ1n) is 10.6. The van der Waals surface area contributed by atoms with E-state index in [1.165, 1.54) is 5.56 Å². The Hall–Kier alpha value is -1.46. The lowest BCUT2D eigenvalue weighted by Gasteiger charge is -2.40. The molecule has 0 bridgehead atoms. The van der Waals surface area contributed by atoms with Crippen LogP contribution in [-0.4, -0.2) is 42.7 Å². The summed E-state index contributed by atoms with van der Waals surface area (Å²) < 4.78 is 5.75. The van der Waals surface area contributed by atoms with Gasteiger partial charge in [-0.1, -0.05) is 68.3 Å². The molecule has 0 radical (unpaired) electrons. The molecule has 4 nitrogen and oxygen atoms in total. The van der Waals surface area contributed by atoms with E-state index < -0.39 is 5.41 Å². The topological polar surface area (TPSA) is 75.7 Å². The van der Waals surface area contributed by atoms with Crippen molar-refractivity contribution in [1.82, 2.24) is 0 Å². The highest BCUT2D eigenvalue weighted by Crippen LogP contribution is 2.37. The predicted molar refractivity (Wildman–Crippen MR) is 115 cm³/mol. The van der Waals surface area contributed by atoms with Gasteiger partial charge in [-0.2, -0.15) is 0 Å². The van der Waals surface area contributed by atoms with Gasteiger partial charge in [0, 0.05) is 18.1 Å². The van der Waals surface area contributed by atoms with Crippen LogP contribution in [0.1, 0.15) is 44.6 Å². The fourth-order valence-electron chi connectivity index (χ4n) is 4.00. The lowest BCUT2D eigenvalue weighted by Crippen LogP contribution is -2.48. The first-order valence-corrected chi connectivity index (χ1v) is 10.6. The Labute approximate surface area is 170 Å². The first kappa shape index (κ1) is 22.8. The standard InChI is InChI=1S/C24H37NO3/c1-20(23(25)24(19-27)14-8-12-22(17-24)18-26)9-4-3-7-15-28-16-13-21-10-5-2-6-11-21/h2,5-6,8,10-12,14,20,23,26-27H,3-4,7,9,13,15-19,25H2,1H3. The van der Waals surface area contributed by atoms with Gasteiger partial charge in [-0.3, -0.25) is 0 Å². The maximum Gasteiger partial charge on any atom is 0.0645 e. The van der Waals surface area contributed by atoms with Crippen LogP contribution in [0.2, 0.25) is 0 Å². The van der Waals surface area contributed by atoms with Crippen LogP contribution in [-0.2, 0) is 11.2 Å². The third kappa shape index (κ3) is 6.85. The molecule has 3 atom stereocenters. The van der Waals surface area contributed by atoms with Gasteiger partial charge in [0.2, 0.25) is 0 Å². The highest BCUT2D eigenvalue weighted by Gasteiger charge is 2.38. The Bertz CT molecular complexity index is 614. The van der Waals surface area contributed by atoms with Crippen LogP contribution >= 0.6 is 0 Å². The fourth-order valence-corrected chi connectivity index (χ4v) is 4.00. The van der Waals surface area contributed by atoms with E-state index >= 15 is 0 Å². The predicted octanol–water partition coefficient (Wildman–Crippen LogP) is 3.63. The number of benzene rings is 1. The second-order valence-corrected chi connectivity index (χ2v) is 8.11. The highest BCUT2D eigenvalue weighted by atomic mass is 16.5. The highest BCUT2D eigenvalue weighted by molar-refractivity contribution is 5.26. The third-order valence-corrected chi connectivity index (χ3v) is 5.92. The normalized spacial score (nSPS) is 21.4. The molecule has 4 N–H and O–H groups in total. The molecular weight excluding hydrogens is 350 g/mol. The van der Waals surface area contributed by atoms with E-state index in [1.54, 1.807) is 0 Å². The summed E-state index contributed by atoms with van der Waals surface area (Å²) in [6, 6.07) is 10.3. The summed E-state index contributed by atoms with van der Waals surface area (Å²) in [4.78, 5) is 0. The molecule has 0 heterocycles. The van der Waals surface area contributed by atoms with Crippen molar-refractivity contribution in [2.75, 3.05) is 26.4 Å². The molecule has 0 aliphatic heterocycles. The molecule has 0 aromatic heterocycles. The lowest BCUT2D eigenvalue weighted by atomic mass is 9.69.